The SMILES string of the molecule is CC(C(=O)O)N(C)CC(=O)NCCc1ccc(C(C)(C)C)cc1.Cl. The zero-order valence-electron chi connectivity index (χ0n) is 15.1. The van der Waals surface area contributed by atoms with Gasteiger partial charge in [-0.1, -0.05) is 45.0 Å². The number of carboxylic acid groups (broad SMARTS) is 1. The summed E-state index contributed by atoms with van der Waals surface area (Å²) in [6, 6.07) is 7.75. The number of halogens is 1. The van der Waals surface area contributed by atoms with Crippen molar-refractivity contribution in [3.63, 3.8) is 0 Å². The summed E-state index contributed by atoms with van der Waals surface area (Å²) in [4.78, 5) is 24.2. The number of hydrogen-bond acceptors (Lipinski definition) is 3. The normalized spacial score (nSPS) is 12.4. The number of nitrogens with zero attached hydrogens (tertiary/aromatic N) is 1. The summed E-state index contributed by atoms with van der Waals surface area (Å²) in [7, 11) is 1.63. The van der Waals surface area contributed by atoms with Crippen LogP contribution < -0.4 is 5.32 Å². The van der Waals surface area contributed by atoms with Crippen LogP contribution in [-0.2, 0) is 21.4 Å². The van der Waals surface area contributed by atoms with Crippen LogP contribution in [0.5, 0.6) is 0 Å². The summed E-state index contributed by atoms with van der Waals surface area (Å²) in [6.07, 6.45) is 0.758. The van der Waals surface area contributed by atoms with E-state index in [1.807, 2.05) is 0 Å². The number of hydrogen-bond donors (Lipinski definition) is 2. The predicted molar refractivity (Wildman–Crippen MR) is 98.8 cm³/mol. The van der Waals surface area contributed by atoms with Crippen LogP contribution in [0.3, 0.4) is 0 Å². The van der Waals surface area contributed by atoms with Crippen LogP contribution in [0, 0.1) is 0 Å². The van der Waals surface area contributed by atoms with Gasteiger partial charge in [0.15, 0.2) is 0 Å². The molecule has 0 aliphatic rings. The first-order valence-electron chi connectivity index (χ1n) is 7.90. The predicted octanol–water partition coefficient (Wildman–Crippen LogP) is 2.47. The van der Waals surface area contributed by atoms with Crippen LogP contribution in [-0.4, -0.2) is 48.1 Å². The van der Waals surface area contributed by atoms with Crippen molar-refractivity contribution < 1.29 is 14.7 Å². The molecule has 1 atom stereocenters. The van der Waals surface area contributed by atoms with Crippen LogP contribution in [0.4, 0.5) is 0 Å². The smallest absolute Gasteiger partial charge is 0.320 e. The molecule has 0 saturated heterocycles. The molecule has 0 aliphatic carbocycles. The van der Waals surface area contributed by atoms with Gasteiger partial charge in [0.2, 0.25) is 5.91 Å². The molecule has 5 nitrogen and oxygen atoms in total. The van der Waals surface area contributed by atoms with Gasteiger partial charge in [0.1, 0.15) is 6.04 Å². The van der Waals surface area contributed by atoms with Gasteiger partial charge in [-0.25, -0.2) is 0 Å². The highest BCUT2D eigenvalue weighted by molar-refractivity contribution is 5.85. The summed E-state index contributed by atoms with van der Waals surface area (Å²) in [5.74, 6) is -1.09. The molecule has 0 heterocycles. The van der Waals surface area contributed by atoms with Gasteiger partial charge in [0.05, 0.1) is 6.54 Å². The lowest BCUT2D eigenvalue weighted by Gasteiger charge is -2.20. The number of benzene rings is 1. The molecule has 24 heavy (non-hydrogen) atoms. The number of carboxylic acids is 1. The highest BCUT2D eigenvalue weighted by atomic mass is 35.5. The molecule has 0 aromatic heterocycles. The van der Waals surface area contributed by atoms with E-state index in [0.29, 0.717) is 6.54 Å². The largest absolute Gasteiger partial charge is 0.480 e. The molecule has 136 valence electrons. The maximum atomic E-state index is 11.8. The van der Waals surface area contributed by atoms with Gasteiger partial charge >= 0.3 is 5.97 Å². The van der Waals surface area contributed by atoms with Crippen molar-refractivity contribution in [3.8, 4) is 0 Å². The molecule has 0 spiro atoms. The molecule has 0 fully saturated rings. The topological polar surface area (TPSA) is 69.6 Å². The number of nitrogens with one attached hydrogen (secondary N) is 1. The number of amides is 1. The number of rotatable bonds is 7. The molecule has 1 aromatic carbocycles. The molecular formula is C18H29ClN2O3. The van der Waals surface area contributed by atoms with E-state index in [0.717, 1.165) is 6.42 Å². The van der Waals surface area contributed by atoms with Crippen LogP contribution in [0.2, 0.25) is 0 Å². The zero-order valence-corrected chi connectivity index (χ0v) is 15.9. The minimum absolute atomic E-state index is 0. The first kappa shape index (κ1) is 22.4. The summed E-state index contributed by atoms with van der Waals surface area (Å²) in [5, 5.41) is 11.7. The van der Waals surface area contributed by atoms with E-state index in [4.69, 9.17) is 5.11 Å². The van der Waals surface area contributed by atoms with Gasteiger partial charge in [-0.05, 0) is 36.9 Å². The Labute approximate surface area is 150 Å². The van der Waals surface area contributed by atoms with E-state index >= 15 is 0 Å². The standard InChI is InChI=1S/C18H28N2O3.ClH/c1-13(17(22)23)20(5)12-16(21)19-11-10-14-6-8-15(9-7-14)18(2,3)4;/h6-9,13H,10-12H2,1-5H3,(H,19,21)(H,22,23);1H. The monoisotopic (exact) mass is 356 g/mol. The fraction of sp³-hybridized carbons (Fsp3) is 0.556. The fourth-order valence-corrected chi connectivity index (χ4v) is 2.13. The van der Waals surface area contributed by atoms with Crippen LogP contribution in [0.15, 0.2) is 24.3 Å². The molecule has 1 amide bonds. The van der Waals surface area contributed by atoms with Crippen LogP contribution in [0.25, 0.3) is 0 Å². The van der Waals surface area contributed by atoms with E-state index in [9.17, 15) is 9.59 Å². The Bertz CT molecular complexity index is 538. The third-order valence-corrected chi connectivity index (χ3v) is 3.97. The van der Waals surface area contributed by atoms with Crippen LogP contribution in [0.1, 0.15) is 38.8 Å². The zero-order chi connectivity index (χ0) is 17.6. The molecule has 6 heteroatoms. The molecule has 2 N–H and O–H groups in total. The van der Waals surface area contributed by atoms with Crippen molar-refractivity contribution in [1.29, 1.82) is 0 Å². The van der Waals surface area contributed by atoms with Gasteiger partial charge in [0, 0.05) is 6.54 Å². The van der Waals surface area contributed by atoms with Crippen molar-refractivity contribution in [3.05, 3.63) is 35.4 Å². The Morgan fingerprint density at radius 2 is 1.75 bits per heavy atom. The number of likely N-dealkylation sites (N-methyl/N-ethyl adjacent to an activating group) is 1. The molecule has 1 aromatic rings. The summed E-state index contributed by atoms with van der Waals surface area (Å²) in [5.41, 5.74) is 2.60. The van der Waals surface area contributed by atoms with Crippen molar-refractivity contribution in [1.82, 2.24) is 10.2 Å². The highest BCUT2D eigenvalue weighted by Gasteiger charge is 2.18. The average Bonchev–Trinajstić information content (AvgIpc) is 2.45. The Balaban J connectivity index is 0.00000529. The van der Waals surface area contributed by atoms with Gasteiger partial charge in [0.25, 0.3) is 0 Å². The maximum absolute atomic E-state index is 11.8. The second-order valence-corrected chi connectivity index (χ2v) is 6.98. The first-order chi connectivity index (χ1) is 10.6. The Kier molecular flexibility index (Phi) is 9.01. The van der Waals surface area contributed by atoms with Crippen LogP contribution >= 0.6 is 12.4 Å². The number of carbonyl (C=O) groups excluding carboxylic acids is 1. The molecular weight excluding hydrogens is 328 g/mol. The summed E-state index contributed by atoms with van der Waals surface area (Å²) < 4.78 is 0. The van der Waals surface area contributed by atoms with Crippen molar-refractivity contribution >= 4 is 24.3 Å². The Morgan fingerprint density at radius 3 is 2.21 bits per heavy atom. The van der Waals surface area contributed by atoms with Gasteiger partial charge in [-0.15, -0.1) is 12.4 Å². The lowest BCUT2D eigenvalue weighted by molar-refractivity contribution is -0.142. The number of carbonyl (C=O) groups is 2. The van der Waals surface area contributed by atoms with Crippen molar-refractivity contribution in [2.45, 2.75) is 45.6 Å². The van der Waals surface area contributed by atoms with Gasteiger partial charge in [-0.3, -0.25) is 14.5 Å². The Morgan fingerprint density at radius 1 is 1.21 bits per heavy atom. The van der Waals surface area contributed by atoms with Crippen molar-refractivity contribution in [2.75, 3.05) is 20.1 Å². The molecule has 0 radical (unpaired) electrons. The second-order valence-electron chi connectivity index (χ2n) is 6.98. The lowest BCUT2D eigenvalue weighted by atomic mass is 9.86. The van der Waals surface area contributed by atoms with E-state index in [-0.39, 0.29) is 30.3 Å². The average molecular weight is 357 g/mol. The van der Waals surface area contributed by atoms with Gasteiger partial charge in [-0.2, -0.15) is 0 Å². The molecule has 0 aliphatic heterocycles. The molecule has 0 saturated carbocycles. The minimum atomic E-state index is -0.931. The van der Waals surface area contributed by atoms with E-state index in [1.165, 1.54) is 16.0 Å². The van der Waals surface area contributed by atoms with Crippen molar-refractivity contribution in [2.24, 2.45) is 0 Å². The summed E-state index contributed by atoms with van der Waals surface area (Å²) >= 11 is 0. The molecule has 1 rings (SSSR count). The van der Waals surface area contributed by atoms with E-state index in [1.54, 1.807) is 14.0 Å². The molecule has 0 bridgehead atoms. The molecule has 1 unspecified atom stereocenters. The number of aliphatic carboxylic acids is 1. The first-order valence-corrected chi connectivity index (χ1v) is 7.90. The summed E-state index contributed by atoms with van der Waals surface area (Å²) in [6.45, 7) is 8.72. The van der Waals surface area contributed by atoms with Gasteiger partial charge < -0.3 is 10.4 Å². The third kappa shape index (κ3) is 7.32. The lowest BCUT2D eigenvalue weighted by Crippen LogP contribution is -2.43. The maximum Gasteiger partial charge on any atom is 0.320 e. The third-order valence-electron chi connectivity index (χ3n) is 3.97. The fourth-order valence-electron chi connectivity index (χ4n) is 2.13. The minimum Gasteiger partial charge on any atom is -0.480 e. The second kappa shape index (κ2) is 9.64. The highest BCUT2D eigenvalue weighted by Crippen LogP contribution is 2.22. The van der Waals surface area contributed by atoms with E-state index < -0.39 is 12.0 Å². The Hall–Kier alpha value is -1.59. The quantitative estimate of drug-likeness (QED) is 0.787. The van der Waals surface area contributed by atoms with E-state index in [2.05, 4.69) is 50.4 Å².